The molecule has 21 heavy (non-hydrogen) atoms. The van der Waals surface area contributed by atoms with Gasteiger partial charge in [-0.25, -0.2) is 0 Å². The number of thiophene rings is 1. The van der Waals surface area contributed by atoms with Crippen molar-refractivity contribution in [2.75, 3.05) is 13.1 Å². The Bertz CT molecular complexity index is 443. The Kier molecular flexibility index (Phi) is 6.52. The lowest BCUT2D eigenvalue weighted by molar-refractivity contribution is 0.0935. The second kappa shape index (κ2) is 8.16. The number of amides is 1. The highest BCUT2D eigenvalue weighted by Gasteiger charge is 2.19. The third kappa shape index (κ3) is 4.44. The number of halogens is 1. The summed E-state index contributed by atoms with van der Waals surface area (Å²) in [6.45, 7) is 2.00. The predicted octanol–water partition coefficient (Wildman–Crippen LogP) is 3.31. The lowest BCUT2D eigenvalue weighted by atomic mass is 10.00. The molecule has 0 aromatic carbocycles. The molecule has 0 saturated carbocycles. The summed E-state index contributed by atoms with van der Waals surface area (Å²) >= 11 is 1.72. The molecule has 3 nitrogen and oxygen atoms in total. The largest absolute Gasteiger partial charge is 0.347 e. The first-order valence-corrected chi connectivity index (χ1v) is 8.78. The van der Waals surface area contributed by atoms with Crippen LogP contribution < -0.4 is 10.6 Å². The summed E-state index contributed by atoms with van der Waals surface area (Å²) < 4.78 is 0. The predicted molar refractivity (Wildman–Crippen MR) is 90.8 cm³/mol. The molecule has 1 aliphatic carbocycles. The average molecular weight is 329 g/mol. The zero-order chi connectivity index (χ0) is 13.8. The summed E-state index contributed by atoms with van der Waals surface area (Å²) in [7, 11) is 0. The molecule has 2 aliphatic rings. The monoisotopic (exact) mass is 328 g/mol. The van der Waals surface area contributed by atoms with Crippen molar-refractivity contribution < 1.29 is 4.79 Å². The number of carbonyl (C=O) groups excluding carboxylic acids is 1. The van der Waals surface area contributed by atoms with Crippen molar-refractivity contribution >= 4 is 29.7 Å². The number of piperidine rings is 1. The lowest BCUT2D eigenvalue weighted by Gasteiger charge is -2.23. The molecule has 2 heterocycles. The van der Waals surface area contributed by atoms with E-state index in [-0.39, 0.29) is 18.3 Å². The highest BCUT2D eigenvalue weighted by Crippen LogP contribution is 2.28. The third-order valence-electron chi connectivity index (χ3n) is 4.35. The van der Waals surface area contributed by atoms with Crippen LogP contribution in [0.3, 0.4) is 0 Å². The van der Waals surface area contributed by atoms with Crippen molar-refractivity contribution in [3.8, 4) is 0 Å². The molecule has 0 bridgehead atoms. The molecule has 1 aromatic rings. The van der Waals surface area contributed by atoms with Crippen LogP contribution >= 0.6 is 23.7 Å². The molecular formula is C16H25ClN2OS. The molecule has 3 rings (SSSR count). The minimum Gasteiger partial charge on any atom is -0.347 e. The Labute approximate surface area is 137 Å². The third-order valence-corrected chi connectivity index (χ3v) is 5.59. The van der Waals surface area contributed by atoms with Crippen LogP contribution in [0.4, 0.5) is 0 Å². The number of rotatable bonds is 2. The molecule has 5 heteroatoms. The van der Waals surface area contributed by atoms with Gasteiger partial charge in [0.05, 0.1) is 4.88 Å². The normalized spacial score (nSPS) is 22.4. The van der Waals surface area contributed by atoms with Crippen molar-refractivity contribution in [3.63, 3.8) is 0 Å². The molecule has 1 amide bonds. The fourth-order valence-corrected chi connectivity index (χ4v) is 4.34. The second-order valence-electron chi connectivity index (χ2n) is 5.99. The number of hydrogen-bond donors (Lipinski definition) is 2. The van der Waals surface area contributed by atoms with Gasteiger partial charge in [-0.3, -0.25) is 4.79 Å². The van der Waals surface area contributed by atoms with Gasteiger partial charge in [0.25, 0.3) is 5.91 Å². The molecule has 1 atom stereocenters. The van der Waals surface area contributed by atoms with Crippen LogP contribution in [0.1, 0.15) is 58.6 Å². The van der Waals surface area contributed by atoms with Gasteiger partial charge < -0.3 is 10.6 Å². The fraction of sp³-hybridized carbons (Fsp3) is 0.688. The molecule has 1 aliphatic heterocycles. The Morgan fingerprint density at radius 2 is 2.00 bits per heavy atom. The minimum absolute atomic E-state index is 0. The molecule has 118 valence electrons. The standard InChI is InChI=1S/C16H24N2OS.ClH/c19-16(18-13-7-5-9-17-11-13)15-10-12-6-3-1-2-4-8-14(12)20-15;/h10,13,17H,1-9,11H2,(H,18,19);1H/t13-;/m0./s1. The van der Waals surface area contributed by atoms with Gasteiger partial charge in [0.15, 0.2) is 0 Å². The van der Waals surface area contributed by atoms with Crippen molar-refractivity contribution in [3.05, 3.63) is 21.4 Å². The van der Waals surface area contributed by atoms with Crippen LogP contribution in [-0.2, 0) is 12.8 Å². The topological polar surface area (TPSA) is 41.1 Å². The van der Waals surface area contributed by atoms with E-state index in [1.165, 1.54) is 36.1 Å². The zero-order valence-electron chi connectivity index (χ0n) is 12.5. The van der Waals surface area contributed by atoms with Gasteiger partial charge in [0, 0.05) is 17.5 Å². The quantitative estimate of drug-likeness (QED) is 0.874. The van der Waals surface area contributed by atoms with Crippen LogP contribution in [-0.4, -0.2) is 25.0 Å². The number of hydrogen-bond acceptors (Lipinski definition) is 3. The van der Waals surface area contributed by atoms with Crippen molar-refractivity contribution in [2.45, 2.75) is 57.4 Å². The Balaban J connectivity index is 0.00000161. The summed E-state index contributed by atoms with van der Waals surface area (Å²) in [6, 6.07) is 2.46. The Hall–Kier alpha value is -0.580. The first-order valence-electron chi connectivity index (χ1n) is 7.96. The molecule has 0 radical (unpaired) electrons. The first-order chi connectivity index (χ1) is 9.83. The van der Waals surface area contributed by atoms with E-state index in [9.17, 15) is 4.79 Å². The van der Waals surface area contributed by atoms with Gasteiger partial charge in [-0.1, -0.05) is 12.8 Å². The molecule has 1 saturated heterocycles. The number of aryl methyl sites for hydroxylation is 2. The second-order valence-corrected chi connectivity index (χ2v) is 7.13. The van der Waals surface area contributed by atoms with E-state index >= 15 is 0 Å². The van der Waals surface area contributed by atoms with Gasteiger partial charge in [-0.15, -0.1) is 23.7 Å². The van der Waals surface area contributed by atoms with Gasteiger partial charge in [0.2, 0.25) is 0 Å². The first kappa shape index (κ1) is 16.8. The lowest BCUT2D eigenvalue weighted by Crippen LogP contribution is -2.45. The van der Waals surface area contributed by atoms with Crippen molar-refractivity contribution in [1.29, 1.82) is 0 Å². The van der Waals surface area contributed by atoms with Gasteiger partial charge >= 0.3 is 0 Å². The van der Waals surface area contributed by atoms with E-state index in [0.29, 0.717) is 6.04 Å². The molecule has 0 unspecified atom stereocenters. The smallest absolute Gasteiger partial charge is 0.261 e. The number of carbonyl (C=O) groups is 1. The molecule has 1 fully saturated rings. The molecule has 2 N–H and O–H groups in total. The SMILES string of the molecule is Cl.O=C(N[C@H]1CCCNC1)c1cc2c(s1)CCCCCC2. The fourth-order valence-electron chi connectivity index (χ4n) is 3.19. The maximum Gasteiger partial charge on any atom is 0.261 e. The van der Waals surface area contributed by atoms with E-state index in [0.717, 1.165) is 43.6 Å². The highest BCUT2D eigenvalue weighted by molar-refractivity contribution is 7.14. The van der Waals surface area contributed by atoms with E-state index in [1.807, 2.05) is 0 Å². The van der Waals surface area contributed by atoms with E-state index in [1.54, 1.807) is 11.3 Å². The molecular weight excluding hydrogens is 304 g/mol. The number of fused-ring (bicyclic) bond motifs is 1. The van der Waals surface area contributed by atoms with Crippen LogP contribution in [0.25, 0.3) is 0 Å². The Morgan fingerprint density at radius 3 is 2.76 bits per heavy atom. The highest BCUT2D eigenvalue weighted by atomic mass is 35.5. The maximum atomic E-state index is 12.4. The van der Waals surface area contributed by atoms with Gasteiger partial charge in [0.1, 0.15) is 0 Å². The summed E-state index contributed by atoms with van der Waals surface area (Å²) in [4.78, 5) is 14.7. The van der Waals surface area contributed by atoms with E-state index < -0.39 is 0 Å². The summed E-state index contributed by atoms with van der Waals surface area (Å²) in [5.41, 5.74) is 1.43. The number of nitrogens with one attached hydrogen (secondary N) is 2. The van der Waals surface area contributed by atoms with E-state index in [4.69, 9.17) is 0 Å². The van der Waals surface area contributed by atoms with Crippen molar-refractivity contribution in [1.82, 2.24) is 10.6 Å². The summed E-state index contributed by atoms with van der Waals surface area (Å²) in [5.74, 6) is 0.135. The zero-order valence-corrected chi connectivity index (χ0v) is 14.1. The van der Waals surface area contributed by atoms with Crippen LogP contribution in [0.2, 0.25) is 0 Å². The minimum atomic E-state index is 0. The van der Waals surface area contributed by atoms with Gasteiger partial charge in [-0.05, 0) is 56.7 Å². The average Bonchev–Trinajstić information content (AvgIpc) is 2.82. The van der Waals surface area contributed by atoms with Crippen LogP contribution in [0, 0.1) is 0 Å². The van der Waals surface area contributed by atoms with Crippen LogP contribution in [0.15, 0.2) is 6.07 Å². The van der Waals surface area contributed by atoms with Gasteiger partial charge in [-0.2, -0.15) is 0 Å². The molecule has 1 aromatic heterocycles. The summed E-state index contributed by atoms with van der Waals surface area (Å²) in [6.07, 6.45) is 9.81. The van der Waals surface area contributed by atoms with Crippen molar-refractivity contribution in [2.24, 2.45) is 0 Å². The van der Waals surface area contributed by atoms with Crippen LogP contribution in [0.5, 0.6) is 0 Å². The Morgan fingerprint density at radius 1 is 1.19 bits per heavy atom. The van der Waals surface area contributed by atoms with E-state index in [2.05, 4.69) is 16.7 Å². The summed E-state index contributed by atoms with van der Waals surface area (Å²) in [5, 5.41) is 6.53. The molecule has 0 spiro atoms. The maximum absolute atomic E-state index is 12.4.